The molecule has 17 nitrogen and oxygen atoms in total. The molecule has 0 radical (unpaired) electrons. The summed E-state index contributed by atoms with van der Waals surface area (Å²) in [5.41, 5.74) is 0. The highest BCUT2D eigenvalue weighted by atomic mass is 31.2. The van der Waals surface area contributed by atoms with Gasteiger partial charge in [-0.3, -0.25) is 37.3 Å². The zero-order valence-corrected chi connectivity index (χ0v) is 74.0. The van der Waals surface area contributed by atoms with Gasteiger partial charge in [-0.05, 0) is 49.4 Å². The molecular weight excluding hydrogens is 1410 g/mol. The Balaban J connectivity index is 5.21. The van der Waals surface area contributed by atoms with E-state index < -0.39 is 97.5 Å². The molecule has 0 saturated heterocycles. The molecular formula is C90H176O17P2. The maximum Gasteiger partial charge on any atom is 0.472 e. The Morgan fingerprint density at radius 3 is 0.651 bits per heavy atom. The minimum atomic E-state index is -4.97. The van der Waals surface area contributed by atoms with Gasteiger partial charge in [-0.15, -0.1) is 0 Å². The lowest BCUT2D eigenvalue weighted by atomic mass is 9.99. The maximum atomic E-state index is 13.2. The summed E-state index contributed by atoms with van der Waals surface area (Å²) in [7, 11) is -9.94. The van der Waals surface area contributed by atoms with Crippen LogP contribution < -0.4 is 0 Å². The molecule has 0 aromatic rings. The van der Waals surface area contributed by atoms with Crippen LogP contribution in [0.2, 0.25) is 0 Å². The van der Waals surface area contributed by atoms with Gasteiger partial charge in [0.2, 0.25) is 0 Å². The van der Waals surface area contributed by atoms with E-state index in [4.69, 9.17) is 37.0 Å². The molecule has 0 aromatic carbocycles. The third-order valence-electron chi connectivity index (χ3n) is 21.8. The number of aliphatic hydroxyl groups is 1. The van der Waals surface area contributed by atoms with Crippen molar-refractivity contribution in [1.29, 1.82) is 0 Å². The molecule has 109 heavy (non-hydrogen) atoms. The quantitative estimate of drug-likeness (QED) is 0.0222. The van der Waals surface area contributed by atoms with Crippen LogP contribution in [-0.4, -0.2) is 96.7 Å². The van der Waals surface area contributed by atoms with Gasteiger partial charge in [0.05, 0.1) is 26.4 Å². The average Bonchev–Trinajstić information content (AvgIpc) is 0.898. The number of phosphoric ester groups is 2. The number of phosphoric acid groups is 2. The summed E-state index contributed by atoms with van der Waals surface area (Å²) in [5.74, 6) is 1.11. The standard InChI is InChI=1S/C90H176O17P2/c1-9-82(7)68-60-52-44-38-32-26-20-16-12-14-18-22-28-35-41-47-56-64-72-89(94)106-85(76-100-87(92)70-62-54-45-39-33-29-23-25-31-37-43-51-59-67-81(5)6)78-104-108(96,97)102-74-84(91)75-103-109(98,99)105-79-86(77-101-88(93)71-63-55-49-48-53-61-69-83(8)10-2)107-90(95)73-65-57-46-40-34-27-21-17-13-11-15-19-24-30-36-42-50-58-66-80(3)4/h80-86,91H,9-79H2,1-8H3,(H,96,97)(H,98,99)/t82?,83?,84-,85-,86-/m1/s1. The number of hydrogen-bond acceptors (Lipinski definition) is 15. The fourth-order valence-corrected chi connectivity index (χ4v) is 15.5. The van der Waals surface area contributed by atoms with Gasteiger partial charge in [-0.1, -0.05) is 421 Å². The van der Waals surface area contributed by atoms with Crippen molar-refractivity contribution < 1.29 is 80.2 Å². The van der Waals surface area contributed by atoms with Crippen molar-refractivity contribution in [3.63, 3.8) is 0 Å². The van der Waals surface area contributed by atoms with E-state index in [1.807, 2.05) is 0 Å². The zero-order chi connectivity index (χ0) is 80.2. The van der Waals surface area contributed by atoms with E-state index in [0.29, 0.717) is 25.7 Å². The monoisotopic (exact) mass is 1590 g/mol. The van der Waals surface area contributed by atoms with Crippen LogP contribution in [0.5, 0.6) is 0 Å². The molecule has 0 saturated carbocycles. The Morgan fingerprint density at radius 2 is 0.440 bits per heavy atom. The highest BCUT2D eigenvalue weighted by molar-refractivity contribution is 7.47. The van der Waals surface area contributed by atoms with E-state index >= 15 is 0 Å². The zero-order valence-electron chi connectivity index (χ0n) is 72.2. The van der Waals surface area contributed by atoms with Crippen LogP contribution in [0.3, 0.4) is 0 Å². The van der Waals surface area contributed by atoms with Gasteiger partial charge in [0.25, 0.3) is 0 Å². The van der Waals surface area contributed by atoms with E-state index in [1.165, 1.54) is 270 Å². The molecule has 0 fully saturated rings. The second kappa shape index (κ2) is 78.6. The SMILES string of the molecule is CCC(C)CCCCCCCCCCCCCCCCCCCCC(=O)O[C@H](COC(=O)CCCCCCCCCCCCCCCC(C)C)COP(=O)(O)OC[C@@H](O)COP(=O)(O)OC[C@@H](COC(=O)CCCCCCCCC(C)CC)OC(=O)CCCCCCCCCCCCCCCCCCCCC(C)C. The van der Waals surface area contributed by atoms with Gasteiger partial charge >= 0.3 is 39.5 Å². The van der Waals surface area contributed by atoms with Crippen LogP contribution in [0.15, 0.2) is 0 Å². The average molecular weight is 1590 g/mol. The number of carbonyl (C=O) groups excluding carboxylic acids is 4. The van der Waals surface area contributed by atoms with Crippen molar-refractivity contribution in [2.24, 2.45) is 23.7 Å². The summed E-state index contributed by atoms with van der Waals surface area (Å²) < 4.78 is 69.0. The fraction of sp³-hybridized carbons (Fsp3) is 0.956. The Hall–Kier alpha value is -1.94. The molecule has 0 heterocycles. The Bertz CT molecular complexity index is 2110. The first-order chi connectivity index (χ1) is 52.7. The van der Waals surface area contributed by atoms with Gasteiger partial charge < -0.3 is 33.8 Å². The molecule has 0 spiro atoms. The molecule has 4 unspecified atom stereocenters. The lowest BCUT2D eigenvalue weighted by Crippen LogP contribution is -2.30. The van der Waals surface area contributed by atoms with E-state index in [9.17, 15) is 43.2 Å². The van der Waals surface area contributed by atoms with E-state index in [1.54, 1.807) is 0 Å². The van der Waals surface area contributed by atoms with E-state index in [-0.39, 0.29) is 25.7 Å². The molecule has 0 aliphatic rings. The van der Waals surface area contributed by atoms with Crippen LogP contribution in [0, 0.1) is 23.7 Å². The second-order valence-electron chi connectivity index (χ2n) is 33.8. The summed E-state index contributed by atoms with van der Waals surface area (Å²) in [6.07, 6.45) is 69.5. The van der Waals surface area contributed by atoms with Crippen LogP contribution in [0.4, 0.5) is 0 Å². The number of carbonyl (C=O) groups is 4. The van der Waals surface area contributed by atoms with Gasteiger partial charge in [0.15, 0.2) is 12.2 Å². The first-order valence-electron chi connectivity index (χ1n) is 46.3. The first-order valence-corrected chi connectivity index (χ1v) is 49.3. The summed E-state index contributed by atoms with van der Waals surface area (Å²) in [4.78, 5) is 73.3. The highest BCUT2D eigenvalue weighted by Gasteiger charge is 2.31. The van der Waals surface area contributed by atoms with E-state index in [2.05, 4.69) is 55.4 Å². The van der Waals surface area contributed by atoms with E-state index in [0.717, 1.165) is 120 Å². The third-order valence-corrected chi connectivity index (χ3v) is 23.7. The molecule has 19 heteroatoms. The Morgan fingerprint density at radius 1 is 0.257 bits per heavy atom. The Labute approximate surface area is 670 Å². The second-order valence-corrected chi connectivity index (χ2v) is 36.7. The van der Waals surface area contributed by atoms with Gasteiger partial charge in [0.1, 0.15) is 19.3 Å². The number of hydrogen-bond donors (Lipinski definition) is 3. The lowest BCUT2D eigenvalue weighted by molar-refractivity contribution is -0.161. The predicted octanol–water partition coefficient (Wildman–Crippen LogP) is 27.5. The number of ether oxygens (including phenoxy) is 4. The number of aliphatic hydroxyl groups excluding tert-OH is 1. The molecule has 0 aliphatic heterocycles. The summed E-state index contributed by atoms with van der Waals surface area (Å²) in [6.45, 7) is 14.4. The van der Waals surface area contributed by atoms with Crippen molar-refractivity contribution in [1.82, 2.24) is 0 Å². The van der Waals surface area contributed by atoms with Crippen molar-refractivity contribution in [3.8, 4) is 0 Å². The van der Waals surface area contributed by atoms with Gasteiger partial charge in [-0.25, -0.2) is 9.13 Å². The van der Waals surface area contributed by atoms with Crippen molar-refractivity contribution in [3.05, 3.63) is 0 Å². The van der Waals surface area contributed by atoms with Crippen molar-refractivity contribution >= 4 is 39.5 Å². The van der Waals surface area contributed by atoms with Crippen LogP contribution in [0.25, 0.3) is 0 Å². The van der Waals surface area contributed by atoms with Gasteiger partial charge in [0, 0.05) is 25.7 Å². The first kappa shape index (κ1) is 107. The molecule has 0 aromatic heterocycles. The lowest BCUT2D eigenvalue weighted by Gasteiger charge is -2.21. The van der Waals surface area contributed by atoms with Crippen molar-refractivity contribution in [2.45, 2.75) is 491 Å². The molecule has 0 amide bonds. The van der Waals surface area contributed by atoms with Gasteiger partial charge in [-0.2, -0.15) is 0 Å². The maximum absolute atomic E-state index is 13.2. The largest absolute Gasteiger partial charge is 0.472 e. The molecule has 0 rings (SSSR count). The summed E-state index contributed by atoms with van der Waals surface area (Å²) in [6, 6.07) is 0. The van der Waals surface area contributed by atoms with Crippen LogP contribution >= 0.6 is 15.6 Å². The molecule has 648 valence electrons. The Kier molecular flexibility index (Phi) is 77.2. The normalized spacial score (nSPS) is 14.4. The number of unbranched alkanes of at least 4 members (excludes halogenated alkanes) is 51. The molecule has 0 aliphatic carbocycles. The number of esters is 4. The third kappa shape index (κ3) is 81.0. The fourth-order valence-electron chi connectivity index (χ4n) is 14.0. The topological polar surface area (TPSA) is 237 Å². The minimum absolute atomic E-state index is 0.107. The predicted molar refractivity (Wildman–Crippen MR) is 451 cm³/mol. The molecule has 3 N–H and O–H groups in total. The molecule has 7 atom stereocenters. The summed E-state index contributed by atoms with van der Waals surface area (Å²) in [5, 5.41) is 10.7. The van der Waals surface area contributed by atoms with Crippen LogP contribution in [0.1, 0.15) is 473 Å². The van der Waals surface area contributed by atoms with Crippen molar-refractivity contribution in [2.75, 3.05) is 39.6 Å². The highest BCUT2D eigenvalue weighted by Crippen LogP contribution is 2.45. The molecule has 0 bridgehead atoms. The summed E-state index contributed by atoms with van der Waals surface area (Å²) >= 11 is 0. The smallest absolute Gasteiger partial charge is 0.462 e. The minimum Gasteiger partial charge on any atom is -0.462 e. The number of rotatable bonds is 87. The van der Waals surface area contributed by atoms with Crippen LogP contribution in [-0.2, 0) is 65.4 Å².